The molecule has 20 heavy (non-hydrogen) atoms. The zero-order chi connectivity index (χ0) is 14.6. The second-order valence-electron chi connectivity index (χ2n) is 5.05. The summed E-state index contributed by atoms with van der Waals surface area (Å²) in [4.78, 5) is 0. The van der Waals surface area contributed by atoms with Gasteiger partial charge >= 0.3 is 0 Å². The first-order valence-corrected chi connectivity index (χ1v) is 7.96. The fourth-order valence-corrected chi connectivity index (χ4v) is 3.38. The van der Waals surface area contributed by atoms with E-state index in [4.69, 9.17) is 34.8 Å². The molecule has 1 atom stereocenters. The van der Waals surface area contributed by atoms with E-state index >= 15 is 0 Å². The number of hydrogen-bond acceptors (Lipinski definition) is 0. The highest BCUT2D eigenvalue weighted by Gasteiger charge is 2.30. The number of halogens is 3. The van der Waals surface area contributed by atoms with Crippen LogP contribution in [-0.2, 0) is 11.8 Å². The molecule has 0 bridgehead atoms. The molecule has 0 spiro atoms. The summed E-state index contributed by atoms with van der Waals surface area (Å²) in [6.07, 6.45) is 1.77. The minimum atomic E-state index is -0.0969. The Balaban J connectivity index is 2.39. The largest absolute Gasteiger partial charge is 0.126 e. The second kappa shape index (κ2) is 6.85. The van der Waals surface area contributed by atoms with Crippen molar-refractivity contribution in [1.82, 2.24) is 0 Å². The highest BCUT2D eigenvalue weighted by Crippen LogP contribution is 2.35. The zero-order valence-corrected chi connectivity index (χ0v) is 13.6. The molecule has 0 saturated heterocycles. The second-order valence-corrected chi connectivity index (χ2v) is 6.16. The van der Waals surface area contributed by atoms with Gasteiger partial charge in [-0.05, 0) is 36.1 Å². The Labute approximate surface area is 135 Å². The van der Waals surface area contributed by atoms with Crippen LogP contribution in [0.4, 0.5) is 0 Å². The van der Waals surface area contributed by atoms with Gasteiger partial charge in [-0.3, -0.25) is 0 Å². The van der Waals surface area contributed by atoms with Crippen LogP contribution in [0.25, 0.3) is 0 Å². The lowest BCUT2D eigenvalue weighted by molar-refractivity contribution is 0.458. The predicted octanol–water partition coefficient (Wildman–Crippen LogP) is 6.12. The fraction of sp³-hybridized carbons (Fsp3) is 0.294. The minimum absolute atomic E-state index is 0.0969. The molecule has 1 unspecified atom stereocenters. The van der Waals surface area contributed by atoms with Crippen LogP contribution in [0.5, 0.6) is 0 Å². The molecule has 2 aromatic rings. The number of alkyl halides is 1. The van der Waals surface area contributed by atoms with E-state index in [9.17, 15) is 0 Å². The molecule has 2 aromatic carbocycles. The Morgan fingerprint density at radius 1 is 1.00 bits per heavy atom. The molecular formula is C17H17Cl3. The van der Waals surface area contributed by atoms with Crippen molar-refractivity contribution in [2.45, 2.75) is 25.2 Å². The fourth-order valence-electron chi connectivity index (χ4n) is 2.47. The maximum atomic E-state index is 6.32. The van der Waals surface area contributed by atoms with Crippen molar-refractivity contribution in [1.29, 1.82) is 0 Å². The van der Waals surface area contributed by atoms with E-state index in [0.29, 0.717) is 15.9 Å². The van der Waals surface area contributed by atoms with E-state index in [1.807, 2.05) is 18.2 Å². The van der Waals surface area contributed by atoms with E-state index in [0.717, 1.165) is 18.4 Å². The van der Waals surface area contributed by atoms with Gasteiger partial charge in [-0.1, -0.05) is 66.5 Å². The summed E-state index contributed by atoms with van der Waals surface area (Å²) in [5.74, 6) is 0.562. The third-order valence-electron chi connectivity index (χ3n) is 3.86. The Hall–Kier alpha value is -0.690. The molecular weight excluding hydrogens is 311 g/mol. The van der Waals surface area contributed by atoms with Crippen LogP contribution < -0.4 is 0 Å². The van der Waals surface area contributed by atoms with E-state index in [1.165, 1.54) is 5.56 Å². The number of benzene rings is 2. The number of rotatable bonds is 5. The van der Waals surface area contributed by atoms with Crippen molar-refractivity contribution in [3.05, 3.63) is 69.7 Å². The lowest BCUT2D eigenvalue weighted by Gasteiger charge is -2.32. The van der Waals surface area contributed by atoms with E-state index in [2.05, 4.69) is 31.2 Å². The van der Waals surface area contributed by atoms with Crippen LogP contribution in [0.15, 0.2) is 48.5 Å². The van der Waals surface area contributed by atoms with Crippen molar-refractivity contribution in [3.8, 4) is 0 Å². The molecule has 3 heteroatoms. The van der Waals surface area contributed by atoms with Gasteiger partial charge in [-0.2, -0.15) is 0 Å². The molecule has 0 aliphatic carbocycles. The smallest absolute Gasteiger partial charge is 0.0453 e. The summed E-state index contributed by atoms with van der Waals surface area (Å²) in [5.41, 5.74) is 2.24. The summed E-state index contributed by atoms with van der Waals surface area (Å²) < 4.78 is 0. The van der Waals surface area contributed by atoms with Crippen molar-refractivity contribution in [3.63, 3.8) is 0 Å². The molecule has 0 aliphatic rings. The molecule has 0 aliphatic heterocycles. The average Bonchev–Trinajstić information content (AvgIpc) is 2.48. The van der Waals surface area contributed by atoms with Gasteiger partial charge < -0.3 is 0 Å². The molecule has 0 heterocycles. The minimum Gasteiger partial charge on any atom is -0.126 e. The van der Waals surface area contributed by atoms with Gasteiger partial charge in [0.15, 0.2) is 0 Å². The summed E-state index contributed by atoms with van der Waals surface area (Å²) in [5, 5.41) is 1.36. The van der Waals surface area contributed by atoms with Crippen LogP contribution >= 0.6 is 34.8 Å². The van der Waals surface area contributed by atoms with Crippen molar-refractivity contribution in [2.24, 2.45) is 0 Å². The summed E-state index contributed by atoms with van der Waals surface area (Å²) in [6, 6.07) is 16.1. The van der Waals surface area contributed by atoms with Crippen LogP contribution in [0, 0.1) is 0 Å². The van der Waals surface area contributed by atoms with Gasteiger partial charge in [0.1, 0.15) is 0 Å². The monoisotopic (exact) mass is 326 g/mol. The lowest BCUT2D eigenvalue weighted by Crippen LogP contribution is -2.30. The van der Waals surface area contributed by atoms with Crippen LogP contribution in [0.1, 0.15) is 24.5 Å². The zero-order valence-electron chi connectivity index (χ0n) is 11.4. The quantitative estimate of drug-likeness (QED) is 0.580. The maximum absolute atomic E-state index is 6.32. The third-order valence-corrected chi connectivity index (χ3v) is 4.96. The van der Waals surface area contributed by atoms with E-state index in [-0.39, 0.29) is 5.41 Å². The van der Waals surface area contributed by atoms with E-state index in [1.54, 1.807) is 6.07 Å². The number of hydrogen-bond donors (Lipinski definition) is 0. The Morgan fingerprint density at radius 2 is 1.70 bits per heavy atom. The van der Waals surface area contributed by atoms with Gasteiger partial charge in [-0.25, -0.2) is 0 Å². The summed E-state index contributed by atoms with van der Waals surface area (Å²) in [7, 11) is 0. The molecule has 0 nitrogen and oxygen atoms in total. The lowest BCUT2D eigenvalue weighted by atomic mass is 9.75. The third kappa shape index (κ3) is 3.31. The molecule has 106 valence electrons. The Kier molecular flexibility index (Phi) is 5.37. The van der Waals surface area contributed by atoms with Crippen LogP contribution in [0.2, 0.25) is 10.0 Å². The Bertz CT molecular complexity index is 560. The average molecular weight is 328 g/mol. The standard InChI is InChI=1S/C17H17Cl3/c1-2-17(12-18,14-6-4-3-5-7-14)11-13-8-9-15(19)10-16(13)20/h3-10H,2,11-12H2,1H3. The SMILES string of the molecule is CCC(CCl)(Cc1ccc(Cl)cc1Cl)c1ccccc1. The van der Waals surface area contributed by atoms with Crippen molar-refractivity contribution < 1.29 is 0 Å². The topological polar surface area (TPSA) is 0 Å². The molecule has 0 aromatic heterocycles. The predicted molar refractivity (Wildman–Crippen MR) is 89.3 cm³/mol. The maximum Gasteiger partial charge on any atom is 0.0453 e. The molecule has 0 saturated carbocycles. The summed E-state index contributed by atoms with van der Waals surface area (Å²) in [6.45, 7) is 2.17. The van der Waals surface area contributed by atoms with Crippen LogP contribution in [0.3, 0.4) is 0 Å². The van der Waals surface area contributed by atoms with Gasteiger partial charge in [0.25, 0.3) is 0 Å². The van der Waals surface area contributed by atoms with Gasteiger partial charge in [0, 0.05) is 21.3 Å². The van der Waals surface area contributed by atoms with Gasteiger partial charge in [-0.15, -0.1) is 11.6 Å². The normalized spacial score (nSPS) is 14.0. The molecule has 0 N–H and O–H groups in total. The molecule has 0 radical (unpaired) electrons. The summed E-state index contributed by atoms with van der Waals surface area (Å²) >= 11 is 18.6. The molecule has 2 rings (SSSR count). The molecule has 0 fully saturated rings. The first-order chi connectivity index (χ1) is 9.61. The van der Waals surface area contributed by atoms with E-state index < -0.39 is 0 Å². The first-order valence-electron chi connectivity index (χ1n) is 6.67. The Morgan fingerprint density at radius 3 is 2.25 bits per heavy atom. The highest BCUT2D eigenvalue weighted by atomic mass is 35.5. The van der Waals surface area contributed by atoms with Crippen molar-refractivity contribution in [2.75, 3.05) is 5.88 Å². The van der Waals surface area contributed by atoms with Gasteiger partial charge in [0.05, 0.1) is 0 Å². The highest BCUT2D eigenvalue weighted by molar-refractivity contribution is 6.35. The molecule has 0 amide bonds. The van der Waals surface area contributed by atoms with Gasteiger partial charge in [0.2, 0.25) is 0 Å². The van der Waals surface area contributed by atoms with Crippen LogP contribution in [-0.4, -0.2) is 5.88 Å². The first kappa shape index (κ1) is 15.7. The van der Waals surface area contributed by atoms with Crippen molar-refractivity contribution >= 4 is 34.8 Å².